The zero-order chi connectivity index (χ0) is 15.6. The Kier molecular flexibility index (Phi) is 4.64. The first-order valence-corrected chi connectivity index (χ1v) is 7.18. The van der Waals surface area contributed by atoms with Gasteiger partial charge in [-0.15, -0.1) is 0 Å². The maximum Gasteiger partial charge on any atom is 0.227 e. The molecule has 1 aliphatic heterocycles. The Bertz CT molecular complexity index is 496. The Labute approximate surface area is 124 Å². The Balaban J connectivity index is 2.17. The maximum absolute atomic E-state index is 13.1. The number of rotatable bonds is 3. The molecule has 0 bridgehead atoms. The molecule has 3 unspecified atom stereocenters. The van der Waals surface area contributed by atoms with Gasteiger partial charge in [-0.3, -0.25) is 4.79 Å². The molecule has 0 aliphatic carbocycles. The summed E-state index contributed by atoms with van der Waals surface area (Å²) in [6.45, 7) is 6.87. The molecule has 0 radical (unpaired) electrons. The van der Waals surface area contributed by atoms with E-state index in [1.165, 1.54) is 12.1 Å². The molecule has 1 amide bonds. The third-order valence-corrected chi connectivity index (χ3v) is 3.82. The van der Waals surface area contributed by atoms with Gasteiger partial charge in [0.25, 0.3) is 0 Å². The highest BCUT2D eigenvalue weighted by atomic mass is 19.1. The van der Waals surface area contributed by atoms with Gasteiger partial charge < -0.3 is 15.8 Å². The minimum absolute atomic E-state index is 0.107. The molecule has 2 rings (SSSR count). The lowest BCUT2D eigenvalue weighted by Gasteiger charge is -2.33. The van der Waals surface area contributed by atoms with Crippen molar-refractivity contribution in [1.82, 2.24) is 5.32 Å². The van der Waals surface area contributed by atoms with Gasteiger partial charge in [0.1, 0.15) is 5.82 Å². The topological polar surface area (TPSA) is 64.3 Å². The minimum atomic E-state index is -0.324. The SMILES string of the molecule is CC(C)(C)C(NC(=O)C1COCC1N)c1ccc(F)cc1. The van der Waals surface area contributed by atoms with E-state index in [-0.39, 0.29) is 35.1 Å². The molecule has 1 fully saturated rings. The highest BCUT2D eigenvalue weighted by Crippen LogP contribution is 2.33. The summed E-state index contributed by atoms with van der Waals surface area (Å²) in [4.78, 5) is 12.4. The molecule has 3 atom stereocenters. The molecule has 1 saturated heterocycles. The van der Waals surface area contributed by atoms with Gasteiger partial charge in [0.2, 0.25) is 5.91 Å². The number of hydrogen-bond donors (Lipinski definition) is 2. The number of hydrogen-bond acceptors (Lipinski definition) is 3. The van der Waals surface area contributed by atoms with Gasteiger partial charge in [0, 0.05) is 6.04 Å². The molecular formula is C16H23FN2O2. The van der Waals surface area contributed by atoms with Gasteiger partial charge in [-0.25, -0.2) is 4.39 Å². The van der Waals surface area contributed by atoms with Gasteiger partial charge in [-0.1, -0.05) is 32.9 Å². The van der Waals surface area contributed by atoms with Crippen LogP contribution in [0, 0.1) is 17.2 Å². The number of carbonyl (C=O) groups is 1. The Morgan fingerprint density at radius 2 is 1.95 bits per heavy atom. The summed E-state index contributed by atoms with van der Waals surface area (Å²) in [7, 11) is 0. The predicted molar refractivity (Wildman–Crippen MR) is 79.0 cm³/mol. The van der Waals surface area contributed by atoms with Crippen molar-refractivity contribution in [3.63, 3.8) is 0 Å². The average molecular weight is 294 g/mol. The van der Waals surface area contributed by atoms with E-state index >= 15 is 0 Å². The van der Waals surface area contributed by atoms with Gasteiger partial charge >= 0.3 is 0 Å². The quantitative estimate of drug-likeness (QED) is 0.896. The maximum atomic E-state index is 13.1. The van der Waals surface area contributed by atoms with Crippen molar-refractivity contribution in [1.29, 1.82) is 0 Å². The zero-order valence-electron chi connectivity index (χ0n) is 12.7. The van der Waals surface area contributed by atoms with Crippen molar-refractivity contribution >= 4 is 5.91 Å². The van der Waals surface area contributed by atoms with Gasteiger partial charge in [-0.2, -0.15) is 0 Å². The lowest BCUT2D eigenvalue weighted by atomic mass is 9.82. The van der Waals surface area contributed by atoms with Crippen molar-refractivity contribution in [3.05, 3.63) is 35.6 Å². The monoisotopic (exact) mass is 294 g/mol. The number of benzene rings is 1. The van der Waals surface area contributed by atoms with Crippen LogP contribution < -0.4 is 11.1 Å². The second-order valence-electron chi connectivity index (χ2n) is 6.67. The summed E-state index contributed by atoms with van der Waals surface area (Å²) < 4.78 is 18.3. The second-order valence-corrected chi connectivity index (χ2v) is 6.67. The molecule has 0 aromatic heterocycles. The van der Waals surface area contributed by atoms with E-state index < -0.39 is 0 Å². The van der Waals surface area contributed by atoms with E-state index in [4.69, 9.17) is 10.5 Å². The van der Waals surface area contributed by atoms with Crippen LogP contribution in [-0.2, 0) is 9.53 Å². The van der Waals surface area contributed by atoms with E-state index in [0.29, 0.717) is 13.2 Å². The molecule has 1 aliphatic rings. The molecule has 3 N–H and O–H groups in total. The van der Waals surface area contributed by atoms with Crippen molar-refractivity contribution in [2.24, 2.45) is 17.1 Å². The van der Waals surface area contributed by atoms with Crippen LogP contribution in [0.4, 0.5) is 4.39 Å². The fourth-order valence-corrected chi connectivity index (χ4v) is 2.55. The molecule has 1 heterocycles. The summed E-state index contributed by atoms with van der Waals surface area (Å²) in [6.07, 6.45) is 0. The van der Waals surface area contributed by atoms with Crippen LogP contribution in [0.2, 0.25) is 0 Å². The molecule has 0 saturated carbocycles. The van der Waals surface area contributed by atoms with Gasteiger partial charge in [-0.05, 0) is 23.1 Å². The minimum Gasteiger partial charge on any atom is -0.379 e. The number of carbonyl (C=O) groups excluding carboxylic acids is 1. The van der Waals surface area contributed by atoms with E-state index in [2.05, 4.69) is 5.32 Å². The van der Waals surface area contributed by atoms with Crippen molar-refractivity contribution in [2.45, 2.75) is 32.9 Å². The molecule has 21 heavy (non-hydrogen) atoms. The number of halogens is 1. The summed E-state index contributed by atoms with van der Waals surface area (Å²) in [5, 5.41) is 3.04. The first kappa shape index (κ1) is 15.9. The summed E-state index contributed by atoms with van der Waals surface area (Å²) in [6, 6.07) is 5.75. The zero-order valence-corrected chi connectivity index (χ0v) is 12.7. The summed E-state index contributed by atoms with van der Waals surface area (Å²) >= 11 is 0. The van der Waals surface area contributed by atoms with Crippen molar-refractivity contribution in [2.75, 3.05) is 13.2 Å². The lowest BCUT2D eigenvalue weighted by Crippen LogP contribution is -2.45. The highest BCUT2D eigenvalue weighted by Gasteiger charge is 2.35. The van der Waals surface area contributed by atoms with Crippen molar-refractivity contribution in [3.8, 4) is 0 Å². The van der Waals surface area contributed by atoms with E-state index in [9.17, 15) is 9.18 Å². The van der Waals surface area contributed by atoms with Crippen LogP contribution in [0.25, 0.3) is 0 Å². The normalized spacial score (nSPS) is 23.9. The van der Waals surface area contributed by atoms with E-state index in [1.54, 1.807) is 12.1 Å². The summed E-state index contributed by atoms with van der Waals surface area (Å²) in [5.41, 5.74) is 6.57. The third kappa shape index (κ3) is 3.80. The Morgan fingerprint density at radius 3 is 2.43 bits per heavy atom. The fourth-order valence-electron chi connectivity index (χ4n) is 2.55. The molecule has 5 heteroatoms. The Morgan fingerprint density at radius 1 is 1.33 bits per heavy atom. The third-order valence-electron chi connectivity index (χ3n) is 3.82. The molecular weight excluding hydrogens is 271 g/mol. The predicted octanol–water partition coefficient (Wildman–Crippen LogP) is 2.00. The average Bonchev–Trinajstić information content (AvgIpc) is 2.82. The Hall–Kier alpha value is -1.46. The number of ether oxygens (including phenoxy) is 1. The molecule has 1 aromatic carbocycles. The van der Waals surface area contributed by atoms with Crippen LogP contribution in [0.15, 0.2) is 24.3 Å². The number of nitrogens with one attached hydrogen (secondary N) is 1. The van der Waals surface area contributed by atoms with E-state index in [1.807, 2.05) is 20.8 Å². The van der Waals surface area contributed by atoms with Crippen LogP contribution in [0.5, 0.6) is 0 Å². The van der Waals surface area contributed by atoms with Crippen LogP contribution in [0.3, 0.4) is 0 Å². The van der Waals surface area contributed by atoms with Crippen LogP contribution in [-0.4, -0.2) is 25.2 Å². The molecule has 116 valence electrons. The number of nitrogens with two attached hydrogens (primary N) is 1. The van der Waals surface area contributed by atoms with Crippen LogP contribution >= 0.6 is 0 Å². The van der Waals surface area contributed by atoms with E-state index in [0.717, 1.165) is 5.56 Å². The molecule has 1 aromatic rings. The smallest absolute Gasteiger partial charge is 0.227 e. The fraction of sp³-hybridized carbons (Fsp3) is 0.562. The largest absolute Gasteiger partial charge is 0.379 e. The molecule has 0 spiro atoms. The summed E-state index contributed by atoms with van der Waals surface area (Å²) in [5.74, 6) is -0.719. The highest BCUT2D eigenvalue weighted by molar-refractivity contribution is 5.80. The first-order valence-electron chi connectivity index (χ1n) is 7.18. The second kappa shape index (κ2) is 6.12. The molecule has 4 nitrogen and oxygen atoms in total. The lowest BCUT2D eigenvalue weighted by molar-refractivity contribution is -0.126. The van der Waals surface area contributed by atoms with Crippen LogP contribution in [0.1, 0.15) is 32.4 Å². The van der Waals surface area contributed by atoms with Gasteiger partial charge in [0.15, 0.2) is 0 Å². The first-order chi connectivity index (χ1) is 9.79. The van der Waals surface area contributed by atoms with Gasteiger partial charge in [0.05, 0.1) is 25.2 Å². The van der Waals surface area contributed by atoms with Crippen molar-refractivity contribution < 1.29 is 13.9 Å². The standard InChI is InChI=1S/C16H23FN2O2/c1-16(2,3)14(10-4-6-11(17)7-5-10)19-15(20)12-8-21-9-13(12)18/h4-7,12-14H,8-9,18H2,1-3H3,(H,19,20). The number of amides is 1.